The molecule has 0 aliphatic carbocycles. The summed E-state index contributed by atoms with van der Waals surface area (Å²) in [6, 6.07) is 18.6. The van der Waals surface area contributed by atoms with E-state index in [2.05, 4.69) is 63.1 Å². The molecule has 0 saturated heterocycles. The Morgan fingerprint density at radius 3 is 1.77 bits per heavy atom. The molecule has 0 aliphatic rings. The normalized spacial score (nSPS) is 10.2. The standard InChI is InChI=1S/C20H20N3O.2BrH/c24-21-17-18-7-13-22(14-8-18)11-4-12-23-15-9-20(10-16-23)19-5-2-1-3-6-19;;/h1-3,5-10,13-17H,4,11-12H2;2*1H/q+1;;/p-1. The molecule has 0 spiro atoms. The Hall–Kier alpha value is -2.05. The highest BCUT2D eigenvalue weighted by atomic mass is 79.9. The van der Waals surface area contributed by atoms with Crippen LogP contribution in [-0.4, -0.2) is 11.4 Å². The van der Waals surface area contributed by atoms with Crippen LogP contribution < -0.4 is 43.1 Å². The Balaban J connectivity index is 0.00000169. The van der Waals surface area contributed by atoms with Gasteiger partial charge in [-0.15, -0.1) is 0 Å². The van der Waals surface area contributed by atoms with Crippen molar-refractivity contribution >= 4 is 6.21 Å². The summed E-state index contributed by atoms with van der Waals surface area (Å²) in [4.78, 5) is 0. The Morgan fingerprint density at radius 2 is 1.23 bits per heavy atom. The Bertz CT molecular complexity index is 792. The monoisotopic (exact) mass is 477 g/mol. The van der Waals surface area contributed by atoms with Crippen molar-refractivity contribution in [3.63, 3.8) is 0 Å². The first-order valence-corrected chi connectivity index (χ1v) is 8.06. The first kappa shape index (κ1) is 22.0. The highest BCUT2D eigenvalue weighted by molar-refractivity contribution is 5.78. The van der Waals surface area contributed by atoms with E-state index in [1.165, 1.54) is 17.3 Å². The van der Waals surface area contributed by atoms with Crippen LogP contribution in [0.3, 0.4) is 0 Å². The van der Waals surface area contributed by atoms with Crippen molar-refractivity contribution < 1.29 is 48.3 Å². The van der Waals surface area contributed by atoms with Crippen LogP contribution in [0.15, 0.2) is 84.5 Å². The van der Waals surface area contributed by atoms with E-state index >= 15 is 0 Å². The number of aromatic nitrogens is 2. The Kier molecular flexibility index (Phi) is 9.76. The molecular formula is C20H21Br2N3O. The zero-order valence-corrected chi connectivity index (χ0v) is 17.4. The number of hydrogen-bond acceptors (Lipinski definition) is 2. The van der Waals surface area contributed by atoms with Crippen molar-refractivity contribution in [2.24, 2.45) is 5.16 Å². The SMILES string of the molecule is ON=Cc1cc[n+](CCC[n+]2ccc(-c3ccccc3)cc2)cc1.[Br-].[Br-]. The van der Waals surface area contributed by atoms with Crippen LogP contribution in [0.1, 0.15) is 12.0 Å². The fourth-order valence-corrected chi connectivity index (χ4v) is 2.64. The van der Waals surface area contributed by atoms with Gasteiger partial charge in [0.05, 0.1) is 12.6 Å². The molecule has 1 aromatic carbocycles. The van der Waals surface area contributed by atoms with Gasteiger partial charge in [0.2, 0.25) is 0 Å². The molecule has 0 unspecified atom stereocenters. The molecular weight excluding hydrogens is 458 g/mol. The van der Waals surface area contributed by atoms with Gasteiger partial charge in [0.15, 0.2) is 37.9 Å². The number of nitrogens with zero attached hydrogens (tertiary/aromatic N) is 3. The molecule has 0 amide bonds. The first-order valence-electron chi connectivity index (χ1n) is 8.06. The van der Waals surface area contributed by atoms with E-state index < -0.39 is 0 Å². The number of halogens is 2. The second kappa shape index (κ2) is 11.5. The lowest BCUT2D eigenvalue weighted by Gasteiger charge is -2.01. The maximum Gasteiger partial charge on any atom is 0.169 e. The van der Waals surface area contributed by atoms with Crippen molar-refractivity contribution in [2.75, 3.05) is 0 Å². The molecule has 0 radical (unpaired) electrons. The van der Waals surface area contributed by atoms with E-state index in [1.807, 2.05) is 30.6 Å². The Labute approximate surface area is 175 Å². The molecule has 1 N–H and O–H groups in total. The maximum atomic E-state index is 8.51. The summed E-state index contributed by atoms with van der Waals surface area (Å²) >= 11 is 0. The number of aryl methyl sites for hydroxylation is 2. The van der Waals surface area contributed by atoms with Gasteiger partial charge >= 0.3 is 0 Å². The number of hydrogen-bond donors (Lipinski definition) is 1. The van der Waals surface area contributed by atoms with Gasteiger partial charge in [-0.05, 0) is 11.1 Å². The largest absolute Gasteiger partial charge is 1.00 e. The van der Waals surface area contributed by atoms with E-state index in [9.17, 15) is 0 Å². The summed E-state index contributed by atoms with van der Waals surface area (Å²) < 4.78 is 4.34. The van der Waals surface area contributed by atoms with E-state index in [1.54, 1.807) is 0 Å². The molecule has 3 aromatic rings. The molecule has 2 aromatic heterocycles. The van der Waals surface area contributed by atoms with Gasteiger partial charge in [-0.25, -0.2) is 9.13 Å². The van der Waals surface area contributed by atoms with Crippen LogP contribution in [-0.2, 0) is 13.1 Å². The molecule has 0 fully saturated rings. The topological polar surface area (TPSA) is 40.4 Å². The van der Waals surface area contributed by atoms with Gasteiger partial charge in [0.25, 0.3) is 0 Å². The minimum absolute atomic E-state index is 0. The van der Waals surface area contributed by atoms with Crippen LogP contribution in [0.2, 0.25) is 0 Å². The minimum Gasteiger partial charge on any atom is -1.00 e. The fraction of sp³-hybridized carbons (Fsp3) is 0.150. The van der Waals surface area contributed by atoms with E-state index in [-0.39, 0.29) is 34.0 Å². The minimum atomic E-state index is 0. The van der Waals surface area contributed by atoms with Crippen molar-refractivity contribution in [3.8, 4) is 11.1 Å². The average Bonchev–Trinajstić information content (AvgIpc) is 2.65. The zero-order valence-electron chi connectivity index (χ0n) is 14.2. The lowest BCUT2D eigenvalue weighted by Crippen LogP contribution is -3.00. The third kappa shape index (κ3) is 6.35. The van der Waals surface area contributed by atoms with Crippen LogP contribution >= 0.6 is 0 Å². The third-order valence-electron chi connectivity index (χ3n) is 3.95. The van der Waals surface area contributed by atoms with E-state index in [0.29, 0.717) is 0 Å². The summed E-state index contributed by atoms with van der Waals surface area (Å²) in [5.74, 6) is 0. The third-order valence-corrected chi connectivity index (χ3v) is 3.95. The summed E-state index contributed by atoms with van der Waals surface area (Å²) in [5, 5.41) is 11.5. The quantitative estimate of drug-likeness (QED) is 0.173. The van der Waals surface area contributed by atoms with Crippen molar-refractivity contribution in [3.05, 3.63) is 84.9 Å². The van der Waals surface area contributed by atoms with Crippen LogP contribution in [0.4, 0.5) is 0 Å². The molecule has 3 rings (SSSR count). The second-order valence-corrected chi connectivity index (χ2v) is 5.66. The molecule has 26 heavy (non-hydrogen) atoms. The van der Waals surface area contributed by atoms with Crippen LogP contribution in [0, 0.1) is 0 Å². The van der Waals surface area contributed by atoms with Gasteiger partial charge in [-0.1, -0.05) is 35.5 Å². The van der Waals surface area contributed by atoms with Crippen molar-refractivity contribution in [1.82, 2.24) is 0 Å². The van der Waals surface area contributed by atoms with Crippen molar-refractivity contribution in [1.29, 1.82) is 0 Å². The average molecular weight is 479 g/mol. The Morgan fingerprint density at radius 1 is 0.731 bits per heavy atom. The number of benzene rings is 1. The summed E-state index contributed by atoms with van der Waals surface area (Å²) in [5.41, 5.74) is 3.37. The number of oxime groups is 1. The molecule has 0 atom stereocenters. The molecule has 136 valence electrons. The van der Waals surface area contributed by atoms with Gasteiger partial charge in [-0.2, -0.15) is 0 Å². The lowest BCUT2D eigenvalue weighted by molar-refractivity contribution is -0.726. The van der Waals surface area contributed by atoms with Crippen molar-refractivity contribution in [2.45, 2.75) is 19.5 Å². The van der Waals surface area contributed by atoms with E-state index in [0.717, 1.165) is 25.1 Å². The van der Waals surface area contributed by atoms with E-state index in [4.69, 9.17) is 5.21 Å². The second-order valence-electron chi connectivity index (χ2n) is 5.66. The fourth-order valence-electron chi connectivity index (χ4n) is 2.64. The predicted molar refractivity (Wildman–Crippen MR) is 92.7 cm³/mol. The molecule has 2 heterocycles. The predicted octanol–water partition coefficient (Wildman–Crippen LogP) is -3.16. The van der Waals surface area contributed by atoms with Crippen LogP contribution in [0.25, 0.3) is 11.1 Å². The van der Waals surface area contributed by atoms with Gasteiger partial charge in [-0.3, -0.25) is 0 Å². The molecule has 0 saturated carbocycles. The smallest absolute Gasteiger partial charge is 0.169 e. The zero-order chi connectivity index (χ0) is 16.6. The first-order chi connectivity index (χ1) is 11.8. The maximum absolute atomic E-state index is 8.51. The molecule has 6 heteroatoms. The molecule has 0 bridgehead atoms. The van der Waals surface area contributed by atoms with Gasteiger partial charge in [0, 0.05) is 29.8 Å². The highest BCUT2D eigenvalue weighted by Crippen LogP contribution is 2.16. The van der Waals surface area contributed by atoms with Crippen LogP contribution in [0.5, 0.6) is 0 Å². The van der Waals surface area contributed by atoms with Gasteiger partial charge < -0.3 is 39.2 Å². The van der Waals surface area contributed by atoms with Gasteiger partial charge in [0.1, 0.15) is 0 Å². The summed E-state index contributed by atoms with van der Waals surface area (Å²) in [6.45, 7) is 1.92. The lowest BCUT2D eigenvalue weighted by atomic mass is 10.1. The summed E-state index contributed by atoms with van der Waals surface area (Å²) in [7, 11) is 0. The number of pyridine rings is 2. The highest BCUT2D eigenvalue weighted by Gasteiger charge is 2.05. The molecule has 0 aliphatic heterocycles. The number of rotatable bonds is 6. The summed E-state index contributed by atoms with van der Waals surface area (Å²) in [6.07, 6.45) is 10.7. The molecule has 4 nitrogen and oxygen atoms in total.